The van der Waals surface area contributed by atoms with Gasteiger partial charge in [0.15, 0.2) is 11.7 Å². The second kappa shape index (κ2) is 4.27. The molecule has 0 amide bonds. The maximum absolute atomic E-state index is 13.3. The largest absolute Gasteiger partial charge is 0.472 e. The second-order valence-electron chi connectivity index (χ2n) is 10.3. The summed E-state index contributed by atoms with van der Waals surface area (Å²) in [4.78, 5) is 25.6. The Morgan fingerprint density at radius 2 is 1.93 bits per heavy atom. The standard InChI is InChI=1S/C20H24O8/c1-8-13(22)27-12-11(21)18-10-7-9(16(2,3)4)17(18)5-6-25-15(17)28-20(18,14(23)26-10)19(8,12)24/h5-6,8-12,15,21,24H,7H2,1-4H3/t8-,9+,10-,11+,12+,15+,17-,18?,19-,20-/m1/s1. The Bertz CT molecular complexity index is 861. The summed E-state index contributed by atoms with van der Waals surface area (Å²) in [6.45, 7) is 7.78. The quantitative estimate of drug-likeness (QED) is 0.565. The van der Waals surface area contributed by atoms with E-state index in [9.17, 15) is 19.8 Å². The summed E-state index contributed by atoms with van der Waals surface area (Å²) < 4.78 is 23.3. The summed E-state index contributed by atoms with van der Waals surface area (Å²) in [6, 6.07) is 0. The molecule has 2 spiro atoms. The van der Waals surface area contributed by atoms with Crippen molar-refractivity contribution < 1.29 is 38.7 Å². The number of fused-ring (bicyclic) bond motifs is 1. The fourth-order valence-electron chi connectivity index (χ4n) is 7.78. The van der Waals surface area contributed by atoms with Gasteiger partial charge in [0.2, 0.25) is 11.9 Å². The van der Waals surface area contributed by atoms with Gasteiger partial charge < -0.3 is 29.2 Å². The number of carbonyl (C=O) groups excluding carboxylic acids is 2. The molecule has 3 saturated heterocycles. The van der Waals surface area contributed by atoms with Gasteiger partial charge in [-0.2, -0.15) is 0 Å². The average Bonchev–Trinajstić information content (AvgIpc) is 3.33. The molecule has 2 saturated carbocycles. The van der Waals surface area contributed by atoms with E-state index in [0.717, 1.165) is 0 Å². The van der Waals surface area contributed by atoms with Crippen LogP contribution in [0.3, 0.4) is 0 Å². The molecule has 6 rings (SSSR count). The van der Waals surface area contributed by atoms with Crippen molar-refractivity contribution in [2.24, 2.45) is 28.1 Å². The van der Waals surface area contributed by atoms with Gasteiger partial charge in [0, 0.05) is 0 Å². The third-order valence-electron chi connectivity index (χ3n) is 8.64. The Morgan fingerprint density at radius 3 is 2.61 bits per heavy atom. The van der Waals surface area contributed by atoms with Crippen molar-refractivity contribution in [1.82, 2.24) is 0 Å². The molecule has 0 aromatic carbocycles. The molecule has 0 bridgehead atoms. The topological polar surface area (TPSA) is 112 Å². The maximum Gasteiger partial charge on any atom is 0.343 e. The Balaban J connectivity index is 1.70. The first-order valence-corrected chi connectivity index (χ1v) is 9.84. The van der Waals surface area contributed by atoms with E-state index in [1.54, 1.807) is 6.26 Å². The molecule has 1 unspecified atom stereocenters. The SMILES string of the molecule is C[C@@H]1C(=O)O[C@H]2[C@H](O)C34[C@H]5C[C@@H](C(C)(C)C)[C@@]36C=CO[C@H]6O[C@@]4(C(=O)O5)[C@@]12O. The smallest absolute Gasteiger partial charge is 0.343 e. The minimum Gasteiger partial charge on any atom is -0.472 e. The molecule has 6 aliphatic rings. The molecule has 0 aromatic rings. The predicted octanol–water partition coefficient (Wildman–Crippen LogP) is 0.257. The number of hydrogen-bond donors (Lipinski definition) is 2. The zero-order chi connectivity index (χ0) is 20.1. The Labute approximate surface area is 161 Å². The van der Waals surface area contributed by atoms with Gasteiger partial charge in [-0.05, 0) is 30.8 Å². The lowest BCUT2D eigenvalue weighted by molar-refractivity contribution is -0.236. The van der Waals surface area contributed by atoms with Crippen LogP contribution in [0.4, 0.5) is 0 Å². The molecule has 10 atom stereocenters. The van der Waals surface area contributed by atoms with E-state index in [2.05, 4.69) is 20.8 Å². The van der Waals surface area contributed by atoms with Gasteiger partial charge in [-0.25, -0.2) is 4.79 Å². The van der Waals surface area contributed by atoms with Crippen LogP contribution in [0.5, 0.6) is 0 Å². The average molecular weight is 392 g/mol. The van der Waals surface area contributed by atoms with Crippen LogP contribution in [-0.4, -0.2) is 58.0 Å². The van der Waals surface area contributed by atoms with Crippen LogP contribution >= 0.6 is 0 Å². The van der Waals surface area contributed by atoms with Crippen molar-refractivity contribution >= 4 is 11.9 Å². The lowest BCUT2D eigenvalue weighted by atomic mass is 9.52. The first-order chi connectivity index (χ1) is 13.0. The van der Waals surface area contributed by atoms with Crippen LogP contribution in [0.15, 0.2) is 12.3 Å². The summed E-state index contributed by atoms with van der Waals surface area (Å²) >= 11 is 0. The van der Waals surface area contributed by atoms with E-state index in [4.69, 9.17) is 18.9 Å². The molecule has 8 heteroatoms. The van der Waals surface area contributed by atoms with Crippen LogP contribution in [0.25, 0.3) is 0 Å². The summed E-state index contributed by atoms with van der Waals surface area (Å²) in [5.74, 6) is -2.51. The van der Waals surface area contributed by atoms with Crippen molar-refractivity contribution in [2.45, 2.75) is 69.9 Å². The summed E-state index contributed by atoms with van der Waals surface area (Å²) in [5.41, 5.74) is -6.34. The van der Waals surface area contributed by atoms with E-state index in [1.807, 2.05) is 6.08 Å². The molecule has 0 radical (unpaired) electrons. The highest BCUT2D eigenvalue weighted by atomic mass is 16.7. The van der Waals surface area contributed by atoms with Crippen molar-refractivity contribution in [3.63, 3.8) is 0 Å². The minimum absolute atomic E-state index is 0.0493. The molecule has 4 heterocycles. The van der Waals surface area contributed by atoms with Crippen molar-refractivity contribution in [3.05, 3.63) is 12.3 Å². The first-order valence-electron chi connectivity index (χ1n) is 9.84. The molecular weight excluding hydrogens is 368 g/mol. The molecule has 152 valence electrons. The van der Waals surface area contributed by atoms with Crippen LogP contribution in [0, 0.1) is 28.1 Å². The number of ether oxygens (including phenoxy) is 4. The van der Waals surface area contributed by atoms with Crippen LogP contribution in [0.2, 0.25) is 0 Å². The van der Waals surface area contributed by atoms with Crippen molar-refractivity contribution in [1.29, 1.82) is 0 Å². The molecule has 2 N–H and O–H groups in total. The van der Waals surface area contributed by atoms with E-state index < -0.39 is 64.5 Å². The summed E-state index contributed by atoms with van der Waals surface area (Å²) in [7, 11) is 0. The highest BCUT2D eigenvalue weighted by Crippen LogP contribution is 2.83. The summed E-state index contributed by atoms with van der Waals surface area (Å²) in [5, 5.41) is 23.4. The van der Waals surface area contributed by atoms with Gasteiger partial charge in [0.1, 0.15) is 12.2 Å². The molecule has 4 aliphatic heterocycles. The molecule has 2 aliphatic carbocycles. The molecule has 5 fully saturated rings. The van der Waals surface area contributed by atoms with Crippen LogP contribution < -0.4 is 0 Å². The zero-order valence-electron chi connectivity index (χ0n) is 16.2. The van der Waals surface area contributed by atoms with Crippen molar-refractivity contribution in [3.8, 4) is 0 Å². The third-order valence-corrected chi connectivity index (χ3v) is 8.64. The highest BCUT2D eigenvalue weighted by molar-refractivity contribution is 5.92. The fourth-order valence-corrected chi connectivity index (χ4v) is 7.78. The minimum atomic E-state index is -2.03. The van der Waals surface area contributed by atoms with Gasteiger partial charge in [0.05, 0.1) is 23.0 Å². The lowest BCUT2D eigenvalue weighted by Crippen LogP contribution is -2.65. The van der Waals surface area contributed by atoms with Gasteiger partial charge >= 0.3 is 11.9 Å². The fraction of sp³-hybridized carbons (Fsp3) is 0.800. The lowest BCUT2D eigenvalue weighted by Gasteiger charge is -2.45. The number of hydrogen-bond acceptors (Lipinski definition) is 8. The summed E-state index contributed by atoms with van der Waals surface area (Å²) in [6.07, 6.45) is -0.173. The maximum atomic E-state index is 13.3. The molecular formula is C20H24O8. The van der Waals surface area contributed by atoms with E-state index in [-0.39, 0.29) is 11.3 Å². The van der Waals surface area contributed by atoms with E-state index in [0.29, 0.717) is 6.42 Å². The molecule has 8 nitrogen and oxygen atoms in total. The van der Waals surface area contributed by atoms with Crippen molar-refractivity contribution in [2.75, 3.05) is 0 Å². The zero-order valence-corrected chi connectivity index (χ0v) is 16.2. The van der Waals surface area contributed by atoms with Gasteiger partial charge in [-0.3, -0.25) is 4.79 Å². The van der Waals surface area contributed by atoms with Crippen LogP contribution in [-0.2, 0) is 28.5 Å². The van der Waals surface area contributed by atoms with E-state index >= 15 is 0 Å². The van der Waals surface area contributed by atoms with Crippen LogP contribution in [0.1, 0.15) is 34.1 Å². The number of rotatable bonds is 0. The second-order valence-corrected chi connectivity index (χ2v) is 10.3. The van der Waals surface area contributed by atoms with E-state index in [1.165, 1.54) is 6.92 Å². The highest BCUT2D eigenvalue weighted by Gasteiger charge is 3.01. The normalized spacial score (nSPS) is 60.2. The van der Waals surface area contributed by atoms with Gasteiger partial charge in [-0.1, -0.05) is 20.8 Å². The third kappa shape index (κ3) is 1.20. The predicted molar refractivity (Wildman–Crippen MR) is 90.1 cm³/mol. The number of aliphatic hydroxyl groups is 2. The Hall–Kier alpha value is -1.64. The number of esters is 2. The molecule has 28 heavy (non-hydrogen) atoms. The number of carbonyl (C=O) groups is 2. The Morgan fingerprint density at radius 1 is 1.21 bits per heavy atom. The van der Waals surface area contributed by atoms with Gasteiger partial charge in [0.25, 0.3) is 0 Å². The molecule has 0 aromatic heterocycles. The Kier molecular flexibility index (Phi) is 2.63. The number of aliphatic hydroxyl groups excluding tert-OH is 1. The monoisotopic (exact) mass is 392 g/mol. The van der Waals surface area contributed by atoms with Gasteiger partial charge in [-0.15, -0.1) is 0 Å². The first kappa shape index (κ1) is 17.2.